The molecule has 0 unspecified atom stereocenters. The Bertz CT molecular complexity index is 537. The van der Waals surface area contributed by atoms with E-state index in [1.54, 1.807) is 14.2 Å². The topological polar surface area (TPSA) is 21.7 Å². The summed E-state index contributed by atoms with van der Waals surface area (Å²) in [6.45, 7) is 1.75. The molecule has 0 amide bonds. The standard InChI is InChI=1S/C17H21NO2/c1-18(12-14-8-10-16(19-2)11-9-14)13-15-6-4-5-7-17(15)20-3/h4-11H,12-13H2,1-3H3. The van der Waals surface area contributed by atoms with Gasteiger partial charge < -0.3 is 9.47 Å². The Kier molecular flexibility index (Phi) is 5.02. The number of hydrogen-bond acceptors (Lipinski definition) is 3. The summed E-state index contributed by atoms with van der Waals surface area (Å²) >= 11 is 0. The molecule has 0 heterocycles. The van der Waals surface area contributed by atoms with Crippen molar-refractivity contribution in [2.75, 3.05) is 21.3 Å². The number of hydrogen-bond donors (Lipinski definition) is 0. The summed E-state index contributed by atoms with van der Waals surface area (Å²) < 4.78 is 10.6. The minimum atomic E-state index is 0.857. The highest BCUT2D eigenvalue weighted by molar-refractivity contribution is 5.33. The van der Waals surface area contributed by atoms with E-state index in [1.807, 2.05) is 30.3 Å². The van der Waals surface area contributed by atoms with Crippen LogP contribution in [-0.4, -0.2) is 26.2 Å². The molecule has 0 atom stereocenters. The second-order valence-electron chi connectivity index (χ2n) is 4.83. The van der Waals surface area contributed by atoms with E-state index in [-0.39, 0.29) is 0 Å². The Morgan fingerprint density at radius 2 is 1.55 bits per heavy atom. The molecule has 2 aromatic carbocycles. The monoisotopic (exact) mass is 271 g/mol. The maximum atomic E-state index is 5.38. The zero-order valence-electron chi connectivity index (χ0n) is 12.3. The summed E-state index contributed by atoms with van der Waals surface area (Å²) in [5.74, 6) is 1.83. The SMILES string of the molecule is COc1ccc(CN(C)Cc2ccccc2OC)cc1. The number of nitrogens with zero attached hydrogens (tertiary/aromatic N) is 1. The Balaban J connectivity index is 1.99. The predicted octanol–water partition coefficient (Wildman–Crippen LogP) is 3.34. The fourth-order valence-electron chi connectivity index (χ4n) is 2.22. The van der Waals surface area contributed by atoms with Crippen LogP contribution < -0.4 is 9.47 Å². The average Bonchev–Trinajstić information content (AvgIpc) is 2.48. The second kappa shape index (κ2) is 6.96. The van der Waals surface area contributed by atoms with Crippen molar-refractivity contribution >= 4 is 0 Å². The smallest absolute Gasteiger partial charge is 0.123 e. The molecule has 0 spiro atoms. The molecule has 0 radical (unpaired) electrons. The van der Waals surface area contributed by atoms with E-state index in [0.717, 1.165) is 24.6 Å². The normalized spacial score (nSPS) is 10.6. The van der Waals surface area contributed by atoms with Crippen LogP contribution in [0, 0.1) is 0 Å². The molecule has 0 fully saturated rings. The van der Waals surface area contributed by atoms with Crippen molar-refractivity contribution in [3.63, 3.8) is 0 Å². The lowest BCUT2D eigenvalue weighted by molar-refractivity contribution is 0.310. The van der Waals surface area contributed by atoms with Gasteiger partial charge in [-0.2, -0.15) is 0 Å². The van der Waals surface area contributed by atoms with Gasteiger partial charge in [-0.1, -0.05) is 30.3 Å². The summed E-state index contributed by atoms with van der Waals surface area (Å²) in [5, 5.41) is 0. The fraction of sp³-hybridized carbons (Fsp3) is 0.294. The summed E-state index contributed by atoms with van der Waals surface area (Å²) in [6.07, 6.45) is 0. The second-order valence-corrected chi connectivity index (χ2v) is 4.83. The molecule has 2 aromatic rings. The first-order valence-corrected chi connectivity index (χ1v) is 6.66. The summed E-state index contributed by atoms with van der Waals surface area (Å²) in [6, 6.07) is 16.3. The number of rotatable bonds is 6. The maximum Gasteiger partial charge on any atom is 0.123 e. The highest BCUT2D eigenvalue weighted by Gasteiger charge is 2.06. The molecule has 0 aromatic heterocycles. The Morgan fingerprint density at radius 3 is 2.20 bits per heavy atom. The van der Waals surface area contributed by atoms with Crippen molar-refractivity contribution in [3.05, 3.63) is 59.7 Å². The van der Waals surface area contributed by atoms with Crippen LogP contribution in [-0.2, 0) is 13.1 Å². The van der Waals surface area contributed by atoms with E-state index in [2.05, 4.69) is 30.1 Å². The summed E-state index contributed by atoms with van der Waals surface area (Å²) in [5.41, 5.74) is 2.47. The molecule has 20 heavy (non-hydrogen) atoms. The molecular weight excluding hydrogens is 250 g/mol. The molecule has 3 heteroatoms. The minimum Gasteiger partial charge on any atom is -0.497 e. The fourth-order valence-corrected chi connectivity index (χ4v) is 2.22. The number of ether oxygens (including phenoxy) is 2. The maximum absolute atomic E-state index is 5.38. The van der Waals surface area contributed by atoms with Crippen molar-refractivity contribution in [2.24, 2.45) is 0 Å². The lowest BCUT2D eigenvalue weighted by Gasteiger charge is -2.18. The third-order valence-corrected chi connectivity index (χ3v) is 3.24. The molecule has 0 N–H and O–H groups in total. The molecule has 3 nitrogen and oxygen atoms in total. The van der Waals surface area contributed by atoms with Gasteiger partial charge in [0.2, 0.25) is 0 Å². The molecule has 0 aliphatic heterocycles. The van der Waals surface area contributed by atoms with E-state index in [9.17, 15) is 0 Å². The molecule has 0 saturated heterocycles. The van der Waals surface area contributed by atoms with Gasteiger partial charge in [-0.3, -0.25) is 4.90 Å². The van der Waals surface area contributed by atoms with E-state index in [0.29, 0.717) is 0 Å². The van der Waals surface area contributed by atoms with Gasteiger partial charge in [-0.05, 0) is 30.8 Å². The van der Waals surface area contributed by atoms with E-state index in [4.69, 9.17) is 9.47 Å². The molecule has 0 bridgehead atoms. The minimum absolute atomic E-state index is 0.857. The van der Waals surface area contributed by atoms with Gasteiger partial charge in [0.25, 0.3) is 0 Å². The Morgan fingerprint density at radius 1 is 0.850 bits per heavy atom. The van der Waals surface area contributed by atoms with Crippen molar-refractivity contribution in [1.29, 1.82) is 0 Å². The predicted molar refractivity (Wildman–Crippen MR) is 81.2 cm³/mol. The van der Waals surface area contributed by atoms with Gasteiger partial charge in [-0.15, -0.1) is 0 Å². The average molecular weight is 271 g/mol. The van der Waals surface area contributed by atoms with E-state index in [1.165, 1.54) is 11.1 Å². The molecule has 2 rings (SSSR count). The van der Waals surface area contributed by atoms with Crippen LogP contribution in [0.3, 0.4) is 0 Å². The van der Waals surface area contributed by atoms with Crippen LogP contribution in [0.15, 0.2) is 48.5 Å². The van der Waals surface area contributed by atoms with Gasteiger partial charge in [0, 0.05) is 18.7 Å². The highest BCUT2D eigenvalue weighted by Crippen LogP contribution is 2.20. The molecular formula is C17H21NO2. The van der Waals surface area contributed by atoms with Crippen molar-refractivity contribution < 1.29 is 9.47 Å². The van der Waals surface area contributed by atoms with E-state index < -0.39 is 0 Å². The highest BCUT2D eigenvalue weighted by atomic mass is 16.5. The zero-order valence-corrected chi connectivity index (χ0v) is 12.3. The first-order chi connectivity index (χ1) is 9.72. The van der Waals surface area contributed by atoms with Crippen LogP contribution >= 0.6 is 0 Å². The summed E-state index contributed by atoms with van der Waals surface area (Å²) in [4.78, 5) is 2.26. The number of benzene rings is 2. The number of para-hydroxylation sites is 1. The van der Waals surface area contributed by atoms with Crippen LogP contribution in [0.5, 0.6) is 11.5 Å². The van der Waals surface area contributed by atoms with Crippen LogP contribution in [0.2, 0.25) is 0 Å². The van der Waals surface area contributed by atoms with Crippen molar-refractivity contribution in [3.8, 4) is 11.5 Å². The van der Waals surface area contributed by atoms with Crippen LogP contribution in [0.1, 0.15) is 11.1 Å². The van der Waals surface area contributed by atoms with Gasteiger partial charge in [0.15, 0.2) is 0 Å². The molecule has 0 aliphatic rings. The summed E-state index contributed by atoms with van der Waals surface area (Å²) in [7, 11) is 5.50. The number of methoxy groups -OCH3 is 2. The van der Waals surface area contributed by atoms with Crippen molar-refractivity contribution in [2.45, 2.75) is 13.1 Å². The van der Waals surface area contributed by atoms with Gasteiger partial charge in [-0.25, -0.2) is 0 Å². The Hall–Kier alpha value is -2.00. The first kappa shape index (κ1) is 14.4. The first-order valence-electron chi connectivity index (χ1n) is 6.66. The van der Waals surface area contributed by atoms with Gasteiger partial charge in [0.05, 0.1) is 14.2 Å². The van der Waals surface area contributed by atoms with Crippen LogP contribution in [0.4, 0.5) is 0 Å². The lowest BCUT2D eigenvalue weighted by Crippen LogP contribution is -2.17. The molecule has 106 valence electrons. The van der Waals surface area contributed by atoms with Gasteiger partial charge >= 0.3 is 0 Å². The zero-order chi connectivity index (χ0) is 14.4. The van der Waals surface area contributed by atoms with E-state index >= 15 is 0 Å². The third-order valence-electron chi connectivity index (χ3n) is 3.24. The lowest BCUT2D eigenvalue weighted by atomic mass is 10.1. The largest absolute Gasteiger partial charge is 0.497 e. The van der Waals surface area contributed by atoms with Crippen molar-refractivity contribution in [1.82, 2.24) is 4.90 Å². The quantitative estimate of drug-likeness (QED) is 0.804. The van der Waals surface area contributed by atoms with Crippen LogP contribution in [0.25, 0.3) is 0 Å². The molecule has 0 aliphatic carbocycles. The Labute approximate surface area is 120 Å². The third kappa shape index (κ3) is 3.75. The van der Waals surface area contributed by atoms with Gasteiger partial charge in [0.1, 0.15) is 11.5 Å². The molecule has 0 saturated carbocycles.